The molecule has 1 rings (SSSR count). The van der Waals surface area contributed by atoms with Crippen molar-refractivity contribution in [3.05, 3.63) is 21.9 Å². The second-order valence-corrected chi connectivity index (χ2v) is 7.02. The SMILES string of the molecule is CN=C(NCCCCCC(=O)OC)NC(C)Cc1ccc(C)s1.I. The summed E-state index contributed by atoms with van der Waals surface area (Å²) in [6.45, 7) is 5.15. The number of ether oxygens (including phenoxy) is 1. The van der Waals surface area contributed by atoms with E-state index in [9.17, 15) is 4.79 Å². The van der Waals surface area contributed by atoms with Gasteiger partial charge in [-0.2, -0.15) is 0 Å². The Morgan fingerprint density at radius 3 is 2.67 bits per heavy atom. The quantitative estimate of drug-likeness (QED) is 0.192. The largest absolute Gasteiger partial charge is 0.469 e. The van der Waals surface area contributed by atoms with Crippen LogP contribution in [0.4, 0.5) is 0 Å². The van der Waals surface area contributed by atoms with Gasteiger partial charge >= 0.3 is 5.97 Å². The van der Waals surface area contributed by atoms with Crippen molar-refractivity contribution < 1.29 is 9.53 Å². The van der Waals surface area contributed by atoms with Gasteiger partial charge in [-0.25, -0.2) is 0 Å². The number of unbranched alkanes of at least 4 members (excludes halogenated alkanes) is 2. The van der Waals surface area contributed by atoms with Gasteiger partial charge in [-0.3, -0.25) is 9.79 Å². The Hall–Kier alpha value is -0.830. The van der Waals surface area contributed by atoms with Crippen LogP contribution in [-0.2, 0) is 16.0 Å². The van der Waals surface area contributed by atoms with Gasteiger partial charge in [0.1, 0.15) is 0 Å². The second kappa shape index (κ2) is 13.5. The number of guanidine groups is 1. The van der Waals surface area contributed by atoms with Crippen molar-refractivity contribution in [2.45, 2.75) is 52.0 Å². The number of halogens is 1. The maximum Gasteiger partial charge on any atom is 0.305 e. The molecule has 1 unspecified atom stereocenters. The number of hydrogen-bond acceptors (Lipinski definition) is 4. The number of aryl methyl sites for hydroxylation is 1. The van der Waals surface area contributed by atoms with Crippen LogP contribution in [0.2, 0.25) is 0 Å². The normalized spacial score (nSPS) is 12.2. The van der Waals surface area contributed by atoms with Crippen molar-refractivity contribution in [1.29, 1.82) is 0 Å². The van der Waals surface area contributed by atoms with Crippen LogP contribution in [-0.4, -0.2) is 38.7 Å². The van der Waals surface area contributed by atoms with Crippen LogP contribution in [0.3, 0.4) is 0 Å². The molecule has 1 atom stereocenters. The first-order valence-electron chi connectivity index (χ1n) is 8.14. The molecular weight excluding hydrogens is 437 g/mol. The zero-order valence-electron chi connectivity index (χ0n) is 15.1. The van der Waals surface area contributed by atoms with Gasteiger partial charge in [0.15, 0.2) is 5.96 Å². The van der Waals surface area contributed by atoms with E-state index in [1.165, 1.54) is 16.9 Å². The molecule has 0 radical (unpaired) electrons. The zero-order chi connectivity index (χ0) is 17.1. The predicted octanol–water partition coefficient (Wildman–Crippen LogP) is 3.50. The predicted molar refractivity (Wildman–Crippen MR) is 113 cm³/mol. The molecule has 0 fully saturated rings. The highest BCUT2D eigenvalue weighted by Crippen LogP contribution is 2.16. The molecular formula is C17H30IN3O2S. The number of rotatable bonds is 9. The molecule has 138 valence electrons. The number of methoxy groups -OCH3 is 1. The van der Waals surface area contributed by atoms with Crippen LogP contribution >= 0.6 is 35.3 Å². The van der Waals surface area contributed by atoms with E-state index in [2.05, 4.69) is 46.3 Å². The van der Waals surface area contributed by atoms with Crippen molar-refractivity contribution in [3.8, 4) is 0 Å². The van der Waals surface area contributed by atoms with Crippen LogP contribution in [0.1, 0.15) is 42.4 Å². The molecule has 24 heavy (non-hydrogen) atoms. The lowest BCUT2D eigenvalue weighted by molar-refractivity contribution is -0.140. The fraction of sp³-hybridized carbons (Fsp3) is 0.647. The average Bonchev–Trinajstić information content (AvgIpc) is 2.93. The monoisotopic (exact) mass is 467 g/mol. The summed E-state index contributed by atoms with van der Waals surface area (Å²) in [6, 6.07) is 4.68. The van der Waals surface area contributed by atoms with E-state index < -0.39 is 0 Å². The highest BCUT2D eigenvalue weighted by molar-refractivity contribution is 14.0. The van der Waals surface area contributed by atoms with Crippen molar-refractivity contribution in [1.82, 2.24) is 10.6 Å². The number of thiophene rings is 1. The number of carbonyl (C=O) groups excluding carboxylic acids is 1. The van der Waals surface area contributed by atoms with Crippen LogP contribution in [0.15, 0.2) is 17.1 Å². The first kappa shape index (κ1) is 23.2. The van der Waals surface area contributed by atoms with Gasteiger partial charge in [0, 0.05) is 42.2 Å². The lowest BCUT2D eigenvalue weighted by Crippen LogP contribution is -2.43. The summed E-state index contributed by atoms with van der Waals surface area (Å²) in [4.78, 5) is 18.0. The third kappa shape index (κ3) is 10.1. The van der Waals surface area contributed by atoms with Gasteiger partial charge in [0.2, 0.25) is 0 Å². The van der Waals surface area contributed by atoms with E-state index in [0.717, 1.165) is 38.2 Å². The molecule has 0 saturated heterocycles. The molecule has 0 amide bonds. The number of nitrogens with zero attached hydrogens (tertiary/aromatic N) is 1. The maximum absolute atomic E-state index is 11.0. The summed E-state index contributed by atoms with van der Waals surface area (Å²) in [6.07, 6.45) is 4.38. The molecule has 0 bridgehead atoms. The summed E-state index contributed by atoms with van der Waals surface area (Å²) in [5, 5.41) is 6.73. The summed E-state index contributed by atoms with van der Waals surface area (Å²) < 4.78 is 4.62. The van der Waals surface area contributed by atoms with E-state index >= 15 is 0 Å². The number of esters is 1. The molecule has 0 aliphatic heterocycles. The third-order valence-corrected chi connectivity index (χ3v) is 4.51. The van der Waals surface area contributed by atoms with Crippen molar-refractivity contribution in [3.63, 3.8) is 0 Å². The fourth-order valence-electron chi connectivity index (χ4n) is 2.26. The highest BCUT2D eigenvalue weighted by Gasteiger charge is 2.07. The Morgan fingerprint density at radius 2 is 2.08 bits per heavy atom. The van der Waals surface area contributed by atoms with E-state index in [1.54, 1.807) is 7.05 Å². The molecule has 1 heterocycles. The number of hydrogen-bond donors (Lipinski definition) is 2. The van der Waals surface area contributed by atoms with Crippen LogP contribution in [0, 0.1) is 6.92 Å². The third-order valence-electron chi connectivity index (χ3n) is 3.49. The molecule has 0 aliphatic rings. The Labute approximate surface area is 166 Å². The summed E-state index contributed by atoms with van der Waals surface area (Å²) in [5.41, 5.74) is 0. The summed E-state index contributed by atoms with van der Waals surface area (Å²) >= 11 is 1.84. The number of nitrogens with one attached hydrogen (secondary N) is 2. The smallest absolute Gasteiger partial charge is 0.305 e. The minimum absolute atomic E-state index is 0. The maximum atomic E-state index is 11.0. The number of aliphatic imine (C=N–C) groups is 1. The van der Waals surface area contributed by atoms with E-state index in [-0.39, 0.29) is 29.9 Å². The van der Waals surface area contributed by atoms with Crippen molar-refractivity contribution in [2.24, 2.45) is 4.99 Å². The topological polar surface area (TPSA) is 62.7 Å². The molecule has 0 spiro atoms. The molecule has 7 heteroatoms. The van der Waals surface area contributed by atoms with Gasteiger partial charge in [-0.15, -0.1) is 35.3 Å². The number of carbonyl (C=O) groups is 1. The van der Waals surface area contributed by atoms with E-state index in [1.807, 2.05) is 11.3 Å². The van der Waals surface area contributed by atoms with Gasteiger partial charge < -0.3 is 15.4 Å². The van der Waals surface area contributed by atoms with Gasteiger partial charge in [0.25, 0.3) is 0 Å². The van der Waals surface area contributed by atoms with E-state index in [4.69, 9.17) is 0 Å². The Morgan fingerprint density at radius 1 is 1.33 bits per heavy atom. The summed E-state index contributed by atoms with van der Waals surface area (Å²) in [5.74, 6) is 0.701. The van der Waals surface area contributed by atoms with Crippen LogP contribution in [0.25, 0.3) is 0 Å². The Kier molecular flexibility index (Phi) is 13.0. The van der Waals surface area contributed by atoms with E-state index in [0.29, 0.717) is 12.5 Å². The molecule has 0 saturated carbocycles. The van der Waals surface area contributed by atoms with Crippen LogP contribution < -0.4 is 10.6 Å². The van der Waals surface area contributed by atoms with Gasteiger partial charge in [-0.1, -0.05) is 6.42 Å². The zero-order valence-corrected chi connectivity index (χ0v) is 18.2. The minimum Gasteiger partial charge on any atom is -0.469 e. The Bertz CT molecular complexity index is 506. The molecule has 5 nitrogen and oxygen atoms in total. The lowest BCUT2D eigenvalue weighted by atomic mass is 10.2. The fourth-order valence-corrected chi connectivity index (χ4v) is 3.27. The molecule has 1 aromatic rings. The minimum atomic E-state index is -0.131. The Balaban J connectivity index is 0.00000529. The molecule has 1 aromatic heterocycles. The molecule has 0 aromatic carbocycles. The van der Waals surface area contributed by atoms with Crippen molar-refractivity contribution in [2.75, 3.05) is 20.7 Å². The standard InChI is InChI=1S/C17H29N3O2S.HI/c1-13(12-15-10-9-14(2)23-15)20-17(18-3)19-11-7-5-6-8-16(21)22-4;/h9-10,13H,5-8,11-12H2,1-4H3,(H2,18,19,20);1H. The van der Waals surface area contributed by atoms with Crippen molar-refractivity contribution >= 4 is 47.2 Å². The summed E-state index contributed by atoms with van der Waals surface area (Å²) in [7, 11) is 3.22. The highest BCUT2D eigenvalue weighted by atomic mass is 127. The average molecular weight is 467 g/mol. The second-order valence-electron chi connectivity index (χ2n) is 5.65. The van der Waals surface area contributed by atoms with Gasteiger partial charge in [0.05, 0.1) is 7.11 Å². The first-order chi connectivity index (χ1) is 11.0. The van der Waals surface area contributed by atoms with Gasteiger partial charge in [-0.05, 0) is 38.8 Å². The first-order valence-corrected chi connectivity index (χ1v) is 8.96. The lowest BCUT2D eigenvalue weighted by Gasteiger charge is -2.17. The molecule has 0 aliphatic carbocycles. The molecule has 2 N–H and O–H groups in total. The van der Waals surface area contributed by atoms with Crippen LogP contribution in [0.5, 0.6) is 0 Å².